The van der Waals surface area contributed by atoms with Crippen molar-refractivity contribution in [2.75, 3.05) is 18.5 Å². The van der Waals surface area contributed by atoms with Crippen molar-refractivity contribution >= 4 is 11.6 Å². The van der Waals surface area contributed by atoms with Crippen LogP contribution in [-0.4, -0.2) is 30.3 Å². The fourth-order valence-corrected chi connectivity index (χ4v) is 2.57. The molecule has 6 heteroatoms. The van der Waals surface area contributed by atoms with Crippen molar-refractivity contribution in [2.45, 2.75) is 32.9 Å². The minimum absolute atomic E-state index is 0.0859. The monoisotopic (exact) mass is 340 g/mol. The number of aryl methyl sites for hydroxylation is 2. The molecule has 0 spiro atoms. The van der Waals surface area contributed by atoms with Gasteiger partial charge in [-0.25, -0.2) is 9.98 Å². The molecule has 1 aliphatic heterocycles. The predicted octanol–water partition coefficient (Wildman–Crippen LogP) is 2.79. The van der Waals surface area contributed by atoms with E-state index in [-0.39, 0.29) is 6.10 Å². The maximum absolute atomic E-state index is 5.99. The standard InChI is InChI=1S/C19H24N4O2/c1-13-3-4-16(9-14(13)2)23-19(20)22-11-15-5-7-21-18(10-15)25-17-6-8-24-12-17/h3-5,7,9-10,17H,6,8,11-12H2,1-2H3,(H3,20,22,23). The molecular weight excluding hydrogens is 316 g/mol. The summed E-state index contributed by atoms with van der Waals surface area (Å²) in [6, 6.07) is 9.91. The molecule has 1 unspecified atom stereocenters. The van der Waals surface area contributed by atoms with Gasteiger partial charge < -0.3 is 20.5 Å². The van der Waals surface area contributed by atoms with Gasteiger partial charge in [0, 0.05) is 24.4 Å². The van der Waals surface area contributed by atoms with Gasteiger partial charge in [0.2, 0.25) is 5.88 Å². The lowest BCUT2D eigenvalue weighted by molar-refractivity contribution is 0.138. The molecule has 1 aromatic heterocycles. The van der Waals surface area contributed by atoms with Gasteiger partial charge in [0.15, 0.2) is 5.96 Å². The van der Waals surface area contributed by atoms with Crippen LogP contribution in [0, 0.1) is 13.8 Å². The van der Waals surface area contributed by atoms with Crippen LogP contribution in [0.1, 0.15) is 23.1 Å². The van der Waals surface area contributed by atoms with E-state index in [1.807, 2.05) is 18.2 Å². The number of guanidine groups is 1. The minimum Gasteiger partial charge on any atom is -0.472 e. The molecule has 2 heterocycles. The molecule has 6 nitrogen and oxygen atoms in total. The molecule has 2 aromatic rings. The molecule has 1 aliphatic rings. The summed E-state index contributed by atoms with van der Waals surface area (Å²) in [5, 5.41) is 3.12. The Bertz CT molecular complexity index is 755. The third-order valence-electron chi connectivity index (χ3n) is 4.19. The van der Waals surface area contributed by atoms with Crippen molar-refractivity contribution in [3.8, 4) is 5.88 Å². The van der Waals surface area contributed by atoms with Gasteiger partial charge >= 0.3 is 0 Å². The zero-order valence-corrected chi connectivity index (χ0v) is 14.7. The van der Waals surface area contributed by atoms with Crippen molar-refractivity contribution < 1.29 is 9.47 Å². The zero-order valence-electron chi connectivity index (χ0n) is 14.7. The van der Waals surface area contributed by atoms with E-state index in [2.05, 4.69) is 41.3 Å². The van der Waals surface area contributed by atoms with E-state index in [1.165, 1.54) is 11.1 Å². The second-order valence-corrected chi connectivity index (χ2v) is 6.23. The number of pyridine rings is 1. The van der Waals surface area contributed by atoms with Crippen LogP contribution in [-0.2, 0) is 11.3 Å². The lowest BCUT2D eigenvalue weighted by Crippen LogP contribution is -2.22. The molecule has 3 N–H and O–H groups in total. The minimum atomic E-state index is 0.0859. The van der Waals surface area contributed by atoms with Gasteiger partial charge in [0.05, 0.1) is 19.8 Å². The van der Waals surface area contributed by atoms with Crippen LogP contribution < -0.4 is 15.8 Å². The third-order valence-corrected chi connectivity index (χ3v) is 4.19. The van der Waals surface area contributed by atoms with Gasteiger partial charge in [-0.2, -0.15) is 0 Å². The van der Waals surface area contributed by atoms with Crippen LogP contribution in [0.25, 0.3) is 0 Å². The van der Waals surface area contributed by atoms with E-state index in [0.29, 0.717) is 25.0 Å². The van der Waals surface area contributed by atoms with Gasteiger partial charge in [0.25, 0.3) is 0 Å². The second-order valence-electron chi connectivity index (χ2n) is 6.23. The molecule has 25 heavy (non-hydrogen) atoms. The first-order valence-corrected chi connectivity index (χ1v) is 8.43. The number of rotatable bonds is 5. The Morgan fingerprint density at radius 2 is 2.20 bits per heavy atom. The van der Waals surface area contributed by atoms with Crippen molar-refractivity contribution in [1.82, 2.24) is 4.98 Å². The Balaban J connectivity index is 1.59. The second kappa shape index (κ2) is 7.98. The number of nitrogens with two attached hydrogens (primary N) is 1. The average molecular weight is 340 g/mol. The van der Waals surface area contributed by atoms with Crippen molar-refractivity contribution in [1.29, 1.82) is 0 Å². The van der Waals surface area contributed by atoms with Gasteiger partial charge in [-0.15, -0.1) is 0 Å². The van der Waals surface area contributed by atoms with Crippen LogP contribution in [0.15, 0.2) is 41.5 Å². The third kappa shape index (κ3) is 4.93. The molecule has 132 valence electrons. The molecule has 3 rings (SSSR count). The molecule has 1 aromatic carbocycles. The summed E-state index contributed by atoms with van der Waals surface area (Å²) in [7, 11) is 0. The van der Waals surface area contributed by atoms with Crippen molar-refractivity contribution in [3.05, 3.63) is 53.2 Å². The van der Waals surface area contributed by atoms with Crippen molar-refractivity contribution in [3.63, 3.8) is 0 Å². The quantitative estimate of drug-likeness (QED) is 0.646. The number of hydrogen-bond donors (Lipinski definition) is 2. The lowest BCUT2D eigenvalue weighted by Gasteiger charge is -2.11. The van der Waals surface area contributed by atoms with E-state index in [9.17, 15) is 0 Å². The van der Waals surface area contributed by atoms with Crippen LogP contribution in [0.5, 0.6) is 5.88 Å². The molecule has 1 atom stereocenters. The van der Waals surface area contributed by atoms with E-state index in [4.69, 9.17) is 15.2 Å². The van der Waals surface area contributed by atoms with Gasteiger partial charge in [-0.1, -0.05) is 6.07 Å². The zero-order chi connectivity index (χ0) is 17.6. The van der Waals surface area contributed by atoms with Gasteiger partial charge in [-0.05, 0) is 48.7 Å². The van der Waals surface area contributed by atoms with E-state index in [1.54, 1.807) is 6.20 Å². The van der Waals surface area contributed by atoms with Gasteiger partial charge in [0.1, 0.15) is 6.10 Å². The first-order chi connectivity index (χ1) is 12.1. The number of hydrogen-bond acceptors (Lipinski definition) is 4. The molecule has 0 saturated carbocycles. The first-order valence-electron chi connectivity index (χ1n) is 8.43. The Kier molecular flexibility index (Phi) is 5.50. The largest absolute Gasteiger partial charge is 0.472 e. The van der Waals surface area contributed by atoms with Crippen LogP contribution in [0.4, 0.5) is 5.69 Å². The summed E-state index contributed by atoms with van der Waals surface area (Å²) < 4.78 is 11.1. The predicted molar refractivity (Wildman–Crippen MR) is 99.0 cm³/mol. The highest BCUT2D eigenvalue weighted by atomic mass is 16.5. The maximum atomic E-state index is 5.99. The fourth-order valence-electron chi connectivity index (χ4n) is 2.57. The first kappa shape index (κ1) is 17.2. The number of benzene rings is 1. The molecule has 0 amide bonds. The van der Waals surface area contributed by atoms with E-state index >= 15 is 0 Å². The Morgan fingerprint density at radius 3 is 2.96 bits per heavy atom. The number of ether oxygens (including phenoxy) is 2. The van der Waals surface area contributed by atoms with Gasteiger partial charge in [-0.3, -0.25) is 0 Å². The summed E-state index contributed by atoms with van der Waals surface area (Å²) in [4.78, 5) is 8.63. The summed E-state index contributed by atoms with van der Waals surface area (Å²) in [5.74, 6) is 0.982. The Labute approximate surface area is 148 Å². The van der Waals surface area contributed by atoms with Crippen LogP contribution in [0.2, 0.25) is 0 Å². The smallest absolute Gasteiger partial charge is 0.213 e. The van der Waals surface area contributed by atoms with E-state index in [0.717, 1.165) is 24.3 Å². The molecule has 0 bridgehead atoms. The molecule has 0 aliphatic carbocycles. The van der Waals surface area contributed by atoms with Crippen LogP contribution >= 0.6 is 0 Å². The molecule has 0 radical (unpaired) electrons. The summed E-state index contributed by atoms with van der Waals surface area (Å²) >= 11 is 0. The highest BCUT2D eigenvalue weighted by Crippen LogP contribution is 2.16. The molecule has 1 fully saturated rings. The summed E-state index contributed by atoms with van der Waals surface area (Å²) in [6.45, 7) is 5.98. The summed E-state index contributed by atoms with van der Waals surface area (Å²) in [5.41, 5.74) is 10.4. The van der Waals surface area contributed by atoms with E-state index < -0.39 is 0 Å². The maximum Gasteiger partial charge on any atom is 0.213 e. The fraction of sp³-hybridized carbons (Fsp3) is 0.368. The van der Waals surface area contributed by atoms with Crippen molar-refractivity contribution in [2.24, 2.45) is 10.7 Å². The number of anilines is 1. The molecular formula is C19H24N4O2. The SMILES string of the molecule is Cc1ccc(NC(N)=NCc2ccnc(OC3CCOC3)c2)cc1C. The lowest BCUT2D eigenvalue weighted by atomic mass is 10.1. The number of aliphatic imine (C=N–C) groups is 1. The normalized spacial score (nSPS) is 17.5. The Hall–Kier alpha value is -2.60. The highest BCUT2D eigenvalue weighted by Gasteiger charge is 2.17. The summed E-state index contributed by atoms with van der Waals surface area (Å²) in [6.07, 6.45) is 2.71. The number of nitrogens with zero attached hydrogens (tertiary/aromatic N) is 2. The number of aromatic nitrogens is 1. The topological polar surface area (TPSA) is 81.8 Å². The molecule has 1 saturated heterocycles. The van der Waals surface area contributed by atoms with Crippen LogP contribution in [0.3, 0.4) is 0 Å². The Morgan fingerprint density at radius 1 is 1.32 bits per heavy atom. The highest BCUT2D eigenvalue weighted by molar-refractivity contribution is 5.92. The number of nitrogens with one attached hydrogen (secondary N) is 1. The average Bonchev–Trinajstić information content (AvgIpc) is 3.10.